The maximum Gasteiger partial charge on any atom is 0.236 e. The predicted octanol–water partition coefficient (Wildman–Crippen LogP) is 1.81. The average molecular weight is 321 g/mol. The summed E-state index contributed by atoms with van der Waals surface area (Å²) in [7, 11) is 0. The summed E-state index contributed by atoms with van der Waals surface area (Å²) in [6, 6.07) is 9.78. The Kier molecular flexibility index (Phi) is 3.86. The maximum absolute atomic E-state index is 12.1. The molecular weight excluding hydrogens is 306 g/mol. The molecule has 0 radical (unpaired) electrons. The number of hydrogen-bond acceptors (Lipinski definition) is 4. The summed E-state index contributed by atoms with van der Waals surface area (Å²) in [5.41, 5.74) is 1.45. The number of carbonyl (C=O) groups is 2. The molecule has 2 unspecified atom stereocenters. The van der Waals surface area contributed by atoms with Gasteiger partial charge in [-0.25, -0.2) is 0 Å². The van der Waals surface area contributed by atoms with Crippen molar-refractivity contribution in [3.63, 3.8) is 0 Å². The van der Waals surface area contributed by atoms with E-state index in [9.17, 15) is 14.7 Å². The van der Waals surface area contributed by atoms with Crippen LogP contribution in [-0.4, -0.2) is 32.5 Å². The van der Waals surface area contributed by atoms with Gasteiger partial charge < -0.3 is 5.11 Å². The van der Waals surface area contributed by atoms with Gasteiger partial charge in [0.25, 0.3) is 0 Å². The number of β-lactam (4-membered cyclic amide) rings is 1. The van der Waals surface area contributed by atoms with Gasteiger partial charge in [0.1, 0.15) is 11.1 Å². The lowest BCUT2D eigenvalue weighted by atomic mass is 9.92. The van der Waals surface area contributed by atoms with E-state index in [2.05, 4.69) is 12.6 Å². The van der Waals surface area contributed by atoms with Crippen LogP contribution in [0.4, 0.5) is 0 Å². The standard InChI is InChI=1S/C15H15NO3S2/c1-8(17)11-13(18)16-12(15(19)20)10(21-14(11)16)7-9-5-3-2-4-6-9/h2-6,8,11,14,17H,7H2,1H3,(H,19,20)/t8?,11?,14-/m1/s1. The topological polar surface area (TPSA) is 57.6 Å². The molecular formula is C15H15NO3S2. The van der Waals surface area contributed by atoms with E-state index in [1.54, 1.807) is 6.92 Å². The molecule has 1 aromatic rings. The molecule has 0 saturated carbocycles. The number of thiol groups is 1. The zero-order valence-electron chi connectivity index (χ0n) is 11.4. The second-order valence-electron chi connectivity index (χ2n) is 5.22. The van der Waals surface area contributed by atoms with Crippen molar-refractivity contribution in [2.24, 2.45) is 5.92 Å². The number of thioether (sulfide) groups is 1. The monoisotopic (exact) mass is 321 g/mol. The fourth-order valence-corrected chi connectivity index (χ4v) is 4.73. The van der Waals surface area contributed by atoms with Gasteiger partial charge in [-0.1, -0.05) is 43.0 Å². The van der Waals surface area contributed by atoms with Crippen LogP contribution in [0.25, 0.3) is 0 Å². The molecule has 6 heteroatoms. The van der Waals surface area contributed by atoms with Crippen LogP contribution in [0.1, 0.15) is 12.5 Å². The molecule has 3 atom stereocenters. The van der Waals surface area contributed by atoms with Crippen molar-refractivity contribution in [1.29, 1.82) is 0 Å². The Balaban J connectivity index is 1.89. The molecule has 4 nitrogen and oxygen atoms in total. The SMILES string of the molecule is CC(O)C1C(=O)N2C(C(=O)S)=C(Cc3ccccc3)S[C@H]12. The number of nitrogens with zero attached hydrogens (tertiary/aromatic N) is 1. The Bertz CT molecular complexity index is 627. The molecule has 110 valence electrons. The minimum atomic E-state index is -0.710. The number of aliphatic hydroxyl groups excluding tert-OH is 1. The molecule has 0 aromatic heterocycles. The van der Waals surface area contributed by atoms with E-state index in [0.717, 1.165) is 10.5 Å². The van der Waals surface area contributed by atoms with Gasteiger partial charge in [0.15, 0.2) is 0 Å². The van der Waals surface area contributed by atoms with Crippen LogP contribution in [0, 0.1) is 5.92 Å². The molecule has 2 heterocycles. The van der Waals surface area contributed by atoms with Crippen molar-refractivity contribution in [3.05, 3.63) is 46.5 Å². The minimum Gasteiger partial charge on any atom is -0.392 e. The van der Waals surface area contributed by atoms with E-state index in [0.29, 0.717) is 12.1 Å². The Morgan fingerprint density at radius 2 is 2.10 bits per heavy atom. The molecule has 0 bridgehead atoms. The van der Waals surface area contributed by atoms with Gasteiger partial charge in [0, 0.05) is 11.3 Å². The average Bonchev–Trinajstić information content (AvgIpc) is 2.74. The number of aliphatic hydroxyl groups is 1. The first kappa shape index (κ1) is 14.7. The fraction of sp³-hybridized carbons (Fsp3) is 0.333. The van der Waals surface area contributed by atoms with Gasteiger partial charge in [-0.15, -0.1) is 11.8 Å². The second-order valence-corrected chi connectivity index (χ2v) is 6.84. The lowest BCUT2D eigenvalue weighted by Gasteiger charge is -2.43. The Morgan fingerprint density at radius 1 is 1.43 bits per heavy atom. The summed E-state index contributed by atoms with van der Waals surface area (Å²) >= 11 is 5.40. The van der Waals surface area contributed by atoms with Gasteiger partial charge in [-0.3, -0.25) is 14.5 Å². The number of amides is 1. The van der Waals surface area contributed by atoms with Gasteiger partial charge in [-0.2, -0.15) is 0 Å². The highest BCUT2D eigenvalue weighted by Crippen LogP contribution is 2.51. The van der Waals surface area contributed by atoms with Gasteiger partial charge in [0.2, 0.25) is 11.0 Å². The van der Waals surface area contributed by atoms with Crippen LogP contribution < -0.4 is 0 Å². The zero-order valence-corrected chi connectivity index (χ0v) is 13.1. The normalized spacial score (nSPS) is 25.7. The first-order chi connectivity index (χ1) is 10.0. The van der Waals surface area contributed by atoms with E-state index >= 15 is 0 Å². The van der Waals surface area contributed by atoms with Crippen LogP contribution in [0.2, 0.25) is 0 Å². The molecule has 1 N–H and O–H groups in total. The molecule has 1 amide bonds. The van der Waals surface area contributed by atoms with Gasteiger partial charge in [-0.05, 0) is 12.5 Å². The fourth-order valence-electron chi connectivity index (χ4n) is 2.76. The number of allylic oxidation sites excluding steroid dienone is 1. The molecule has 2 aliphatic heterocycles. The van der Waals surface area contributed by atoms with Crippen molar-refractivity contribution in [1.82, 2.24) is 4.90 Å². The summed E-state index contributed by atoms with van der Waals surface area (Å²) in [5.74, 6) is -0.631. The predicted molar refractivity (Wildman–Crippen MR) is 84.6 cm³/mol. The van der Waals surface area contributed by atoms with Gasteiger partial charge >= 0.3 is 0 Å². The molecule has 3 rings (SSSR count). The van der Waals surface area contributed by atoms with Crippen LogP contribution in [-0.2, 0) is 16.0 Å². The van der Waals surface area contributed by atoms with Crippen molar-refractivity contribution in [2.75, 3.05) is 0 Å². The van der Waals surface area contributed by atoms with E-state index in [1.165, 1.54) is 16.7 Å². The Labute approximate surface area is 132 Å². The van der Waals surface area contributed by atoms with Crippen LogP contribution >= 0.6 is 24.4 Å². The summed E-state index contributed by atoms with van der Waals surface area (Å²) in [5, 5.41) is 9.13. The molecule has 1 saturated heterocycles. The van der Waals surface area contributed by atoms with Crippen LogP contribution in [0.3, 0.4) is 0 Å². The third-order valence-corrected chi connectivity index (χ3v) is 5.36. The Hall–Kier alpha value is -1.24. The van der Waals surface area contributed by atoms with Crippen molar-refractivity contribution >= 4 is 35.4 Å². The van der Waals surface area contributed by atoms with E-state index in [4.69, 9.17) is 0 Å². The van der Waals surface area contributed by atoms with Crippen molar-refractivity contribution in [3.8, 4) is 0 Å². The maximum atomic E-state index is 12.1. The van der Waals surface area contributed by atoms with Crippen molar-refractivity contribution < 1.29 is 14.7 Å². The first-order valence-corrected chi connectivity index (χ1v) is 8.01. The largest absolute Gasteiger partial charge is 0.392 e. The lowest BCUT2D eigenvalue weighted by molar-refractivity contribution is -0.153. The number of carbonyl (C=O) groups excluding carboxylic acids is 2. The smallest absolute Gasteiger partial charge is 0.236 e. The van der Waals surface area contributed by atoms with Crippen LogP contribution in [0.5, 0.6) is 0 Å². The van der Waals surface area contributed by atoms with E-state index in [1.807, 2.05) is 30.3 Å². The van der Waals surface area contributed by atoms with Crippen LogP contribution in [0.15, 0.2) is 40.9 Å². The summed E-state index contributed by atoms with van der Waals surface area (Å²) in [4.78, 5) is 26.3. The first-order valence-electron chi connectivity index (χ1n) is 6.69. The Morgan fingerprint density at radius 3 is 2.67 bits per heavy atom. The second kappa shape index (κ2) is 5.51. The lowest BCUT2D eigenvalue weighted by Crippen LogP contribution is -2.60. The third-order valence-electron chi connectivity index (χ3n) is 3.78. The number of rotatable bonds is 4. The zero-order chi connectivity index (χ0) is 15.1. The quantitative estimate of drug-likeness (QED) is 0.656. The minimum absolute atomic E-state index is 0.178. The molecule has 1 aromatic carbocycles. The van der Waals surface area contributed by atoms with Crippen molar-refractivity contribution in [2.45, 2.75) is 24.8 Å². The van der Waals surface area contributed by atoms with E-state index < -0.39 is 17.1 Å². The molecule has 0 spiro atoms. The summed E-state index contributed by atoms with van der Waals surface area (Å²) in [6.07, 6.45) is -0.112. The van der Waals surface area contributed by atoms with E-state index in [-0.39, 0.29) is 11.3 Å². The van der Waals surface area contributed by atoms with Gasteiger partial charge in [0.05, 0.1) is 12.0 Å². The number of hydrogen-bond donors (Lipinski definition) is 2. The molecule has 2 aliphatic rings. The highest BCUT2D eigenvalue weighted by Gasteiger charge is 2.56. The highest BCUT2D eigenvalue weighted by molar-refractivity contribution is 8.04. The molecule has 0 aliphatic carbocycles. The molecule has 1 fully saturated rings. The number of benzene rings is 1. The number of fused-ring (bicyclic) bond motifs is 1. The third kappa shape index (κ3) is 2.41. The summed E-state index contributed by atoms with van der Waals surface area (Å²) in [6.45, 7) is 1.61. The molecule has 21 heavy (non-hydrogen) atoms. The summed E-state index contributed by atoms with van der Waals surface area (Å²) < 4.78 is 0. The highest BCUT2D eigenvalue weighted by atomic mass is 32.2.